The first-order chi connectivity index (χ1) is 16.2. The summed E-state index contributed by atoms with van der Waals surface area (Å²) < 4.78 is 1.02. The summed E-state index contributed by atoms with van der Waals surface area (Å²) in [6.45, 7) is 1.41. The Hall–Kier alpha value is -3.53. The van der Waals surface area contributed by atoms with Crippen molar-refractivity contribution in [3.8, 4) is 0 Å². The summed E-state index contributed by atoms with van der Waals surface area (Å²) in [6, 6.07) is 8.12. The van der Waals surface area contributed by atoms with Crippen LogP contribution in [0, 0.1) is 0 Å². The number of hydrogen-bond donors (Lipinski definition) is 2. The maximum atomic E-state index is 12.9. The lowest BCUT2D eigenvalue weighted by molar-refractivity contribution is 0.0724. The largest absolute Gasteiger partial charge is 0.334 e. The third kappa shape index (κ3) is 3.24. The van der Waals surface area contributed by atoms with Crippen LogP contribution in [0.5, 0.6) is 0 Å². The number of nitrogens with zero attached hydrogens (tertiary/aromatic N) is 6. The van der Waals surface area contributed by atoms with E-state index in [2.05, 4.69) is 31.5 Å². The molecule has 2 saturated heterocycles. The van der Waals surface area contributed by atoms with E-state index in [4.69, 9.17) is 9.97 Å². The molecule has 2 atom stereocenters. The lowest BCUT2D eigenvalue weighted by atomic mass is 10.2. The van der Waals surface area contributed by atoms with Gasteiger partial charge in [-0.15, -0.1) is 11.3 Å². The fourth-order valence-corrected chi connectivity index (χ4v) is 5.78. The number of thiophene rings is 1. The van der Waals surface area contributed by atoms with Crippen LogP contribution in [-0.4, -0.2) is 61.1 Å². The van der Waals surface area contributed by atoms with Gasteiger partial charge >= 0.3 is 0 Å². The Kier molecular flexibility index (Phi) is 4.17. The summed E-state index contributed by atoms with van der Waals surface area (Å²) >= 11 is 1.62. The Balaban J connectivity index is 1.15. The topological polar surface area (TPSA) is 103 Å². The summed E-state index contributed by atoms with van der Waals surface area (Å²) in [5.74, 6) is 2.95. The van der Waals surface area contributed by atoms with Crippen molar-refractivity contribution < 1.29 is 4.79 Å². The molecule has 166 valence electrons. The van der Waals surface area contributed by atoms with Gasteiger partial charge in [-0.2, -0.15) is 10.1 Å². The molecule has 0 aromatic carbocycles. The number of rotatable bonds is 5. The number of amides is 1. The van der Waals surface area contributed by atoms with E-state index in [-0.39, 0.29) is 18.0 Å². The first-order valence-electron chi connectivity index (χ1n) is 11.3. The van der Waals surface area contributed by atoms with Gasteiger partial charge in [0.05, 0.1) is 27.9 Å². The van der Waals surface area contributed by atoms with Gasteiger partial charge in [0.2, 0.25) is 5.95 Å². The van der Waals surface area contributed by atoms with Gasteiger partial charge in [0.15, 0.2) is 11.6 Å². The maximum Gasteiger partial charge on any atom is 0.255 e. The van der Waals surface area contributed by atoms with Crippen LogP contribution in [0.1, 0.15) is 41.2 Å². The van der Waals surface area contributed by atoms with E-state index >= 15 is 0 Å². The summed E-state index contributed by atoms with van der Waals surface area (Å²) in [6.07, 6.45) is 6.72. The van der Waals surface area contributed by atoms with Gasteiger partial charge in [0.25, 0.3) is 5.91 Å². The zero-order valence-electron chi connectivity index (χ0n) is 17.8. The molecule has 3 aliphatic rings. The van der Waals surface area contributed by atoms with Crippen LogP contribution in [0.3, 0.4) is 0 Å². The molecule has 4 aromatic heterocycles. The van der Waals surface area contributed by atoms with Crippen LogP contribution in [0.4, 0.5) is 17.6 Å². The van der Waals surface area contributed by atoms with E-state index in [1.807, 2.05) is 22.4 Å². The minimum atomic E-state index is 0.0526. The van der Waals surface area contributed by atoms with Crippen LogP contribution >= 0.6 is 11.3 Å². The highest BCUT2D eigenvalue weighted by molar-refractivity contribution is 7.17. The zero-order chi connectivity index (χ0) is 21.9. The molecule has 6 heterocycles. The second-order valence-corrected chi connectivity index (χ2v) is 9.93. The number of nitrogens with one attached hydrogen (secondary N) is 2. The van der Waals surface area contributed by atoms with Gasteiger partial charge in [0, 0.05) is 43.2 Å². The van der Waals surface area contributed by atoms with Crippen molar-refractivity contribution in [3.05, 3.63) is 53.3 Å². The number of carbonyl (C=O) groups is 1. The fraction of sp³-hybridized carbons (Fsp3) is 0.348. The van der Waals surface area contributed by atoms with E-state index in [1.165, 1.54) is 18.5 Å². The Labute approximate surface area is 193 Å². The molecule has 7 rings (SSSR count). The molecular formula is C23H22N8OS. The zero-order valence-corrected chi connectivity index (χ0v) is 18.6. The number of piperazine rings is 1. The van der Waals surface area contributed by atoms with Crippen molar-refractivity contribution in [1.82, 2.24) is 30.0 Å². The van der Waals surface area contributed by atoms with Crippen molar-refractivity contribution in [2.45, 2.75) is 37.3 Å². The molecule has 0 radical (unpaired) electrons. The first kappa shape index (κ1) is 19.0. The predicted molar refractivity (Wildman–Crippen MR) is 126 cm³/mol. The number of aromatic amines is 1. The molecule has 1 amide bonds. The highest BCUT2D eigenvalue weighted by Crippen LogP contribution is 2.40. The number of fused-ring (bicyclic) bond motifs is 3. The number of likely N-dealkylation sites (tertiary alicyclic amines) is 1. The van der Waals surface area contributed by atoms with Gasteiger partial charge in [-0.25, -0.2) is 4.98 Å². The van der Waals surface area contributed by atoms with Crippen molar-refractivity contribution in [2.75, 3.05) is 23.3 Å². The lowest BCUT2D eigenvalue weighted by Gasteiger charge is -2.34. The van der Waals surface area contributed by atoms with Crippen LogP contribution < -0.4 is 10.2 Å². The first-order valence-corrected chi connectivity index (χ1v) is 12.2. The second-order valence-electron chi connectivity index (χ2n) is 9.01. The Morgan fingerprint density at radius 3 is 2.91 bits per heavy atom. The standard InChI is InChI=1S/C23H22N8OS/c32-22(14-2-1-6-24-10-14)30-11-16-8-15(30)12-31(16)23-25-17-5-7-33-20(17)21(27-23)26-19-9-18(28-29-19)13-3-4-13/h1-2,5-7,9-10,13,15-16H,3-4,8,11-12H2,(H2,25,26,27,28,29). The smallest absolute Gasteiger partial charge is 0.255 e. The van der Waals surface area contributed by atoms with Gasteiger partial charge in [-0.1, -0.05) is 0 Å². The number of pyridine rings is 1. The molecule has 33 heavy (non-hydrogen) atoms. The third-order valence-corrected chi connectivity index (χ3v) is 7.73. The average Bonchev–Trinajstić information content (AvgIpc) is 3.22. The molecule has 1 saturated carbocycles. The SMILES string of the molecule is O=C(c1cccnc1)N1CC2CC1CN2c1nc(Nc2cc(C3CC3)[nH]n2)c2sccc2n1. The number of carbonyl (C=O) groups excluding carboxylic acids is 1. The maximum absolute atomic E-state index is 12.9. The van der Waals surface area contributed by atoms with Crippen molar-refractivity contribution in [2.24, 2.45) is 0 Å². The molecule has 2 N–H and O–H groups in total. The van der Waals surface area contributed by atoms with Crippen LogP contribution in [-0.2, 0) is 0 Å². The Morgan fingerprint density at radius 2 is 2.12 bits per heavy atom. The van der Waals surface area contributed by atoms with Gasteiger partial charge in [0.1, 0.15) is 0 Å². The van der Waals surface area contributed by atoms with E-state index in [9.17, 15) is 4.79 Å². The van der Waals surface area contributed by atoms with E-state index < -0.39 is 0 Å². The van der Waals surface area contributed by atoms with E-state index in [0.29, 0.717) is 24.0 Å². The summed E-state index contributed by atoms with van der Waals surface area (Å²) in [5, 5.41) is 13.0. The molecule has 2 aliphatic heterocycles. The molecule has 0 spiro atoms. The normalized spacial score (nSPS) is 21.8. The Bertz CT molecular complexity index is 1350. The molecule has 1 aliphatic carbocycles. The summed E-state index contributed by atoms with van der Waals surface area (Å²) in [7, 11) is 0. The van der Waals surface area contributed by atoms with Crippen LogP contribution in [0.2, 0.25) is 0 Å². The van der Waals surface area contributed by atoms with E-state index in [0.717, 1.165) is 34.8 Å². The Morgan fingerprint density at radius 1 is 1.18 bits per heavy atom. The minimum absolute atomic E-state index is 0.0526. The predicted octanol–water partition coefficient (Wildman–Crippen LogP) is 3.53. The summed E-state index contributed by atoms with van der Waals surface area (Å²) in [4.78, 5) is 31.0. The quantitative estimate of drug-likeness (QED) is 0.472. The highest BCUT2D eigenvalue weighted by Gasteiger charge is 2.46. The number of aromatic nitrogens is 5. The number of anilines is 3. The number of H-pyrrole nitrogens is 1. The average molecular weight is 459 g/mol. The van der Waals surface area contributed by atoms with Gasteiger partial charge in [-0.05, 0) is 42.8 Å². The second kappa shape index (κ2) is 7.24. The van der Waals surface area contributed by atoms with Crippen LogP contribution in [0.25, 0.3) is 10.2 Å². The molecule has 9 nitrogen and oxygen atoms in total. The molecule has 4 aromatic rings. The minimum Gasteiger partial charge on any atom is -0.334 e. The monoisotopic (exact) mass is 458 g/mol. The van der Waals surface area contributed by atoms with Crippen molar-refractivity contribution in [3.63, 3.8) is 0 Å². The molecular weight excluding hydrogens is 436 g/mol. The molecule has 2 unspecified atom stereocenters. The van der Waals surface area contributed by atoms with E-state index in [1.54, 1.807) is 29.8 Å². The molecule has 3 fully saturated rings. The molecule has 10 heteroatoms. The number of hydrogen-bond acceptors (Lipinski definition) is 8. The van der Waals surface area contributed by atoms with Crippen molar-refractivity contribution >= 4 is 45.0 Å². The fourth-order valence-electron chi connectivity index (χ4n) is 5.01. The van der Waals surface area contributed by atoms with Crippen molar-refractivity contribution in [1.29, 1.82) is 0 Å². The summed E-state index contributed by atoms with van der Waals surface area (Å²) in [5.41, 5.74) is 2.75. The lowest BCUT2D eigenvalue weighted by Crippen LogP contribution is -2.49. The van der Waals surface area contributed by atoms with Crippen LogP contribution in [0.15, 0.2) is 42.0 Å². The van der Waals surface area contributed by atoms with Gasteiger partial charge < -0.3 is 15.1 Å². The third-order valence-electron chi connectivity index (χ3n) is 6.82. The molecule has 2 bridgehead atoms. The van der Waals surface area contributed by atoms with Gasteiger partial charge in [-0.3, -0.25) is 14.9 Å². The highest BCUT2D eigenvalue weighted by atomic mass is 32.1.